The van der Waals surface area contributed by atoms with Gasteiger partial charge in [0.15, 0.2) is 0 Å². The van der Waals surface area contributed by atoms with E-state index in [1.54, 1.807) is 12.1 Å². The Hall–Kier alpha value is -2.04. The van der Waals surface area contributed by atoms with Crippen LogP contribution < -0.4 is 16.4 Å². The van der Waals surface area contributed by atoms with Crippen molar-refractivity contribution in [1.82, 2.24) is 10.6 Å². The van der Waals surface area contributed by atoms with Crippen LogP contribution in [0.1, 0.15) is 48.5 Å². The fraction of sp³-hybridized carbons (Fsp3) is 0.500. The summed E-state index contributed by atoms with van der Waals surface area (Å²) in [7, 11) is 0. The third-order valence-electron chi connectivity index (χ3n) is 4.03. The average Bonchev–Trinajstić information content (AvgIpc) is 2.48. The predicted molar refractivity (Wildman–Crippen MR) is 81.8 cm³/mol. The first kappa shape index (κ1) is 15.4. The maximum absolute atomic E-state index is 12.2. The Morgan fingerprint density at radius 2 is 1.76 bits per heavy atom. The van der Waals surface area contributed by atoms with Crippen LogP contribution >= 0.6 is 0 Å². The molecule has 0 aliphatic heterocycles. The van der Waals surface area contributed by atoms with Gasteiger partial charge in [-0.1, -0.05) is 19.1 Å². The van der Waals surface area contributed by atoms with Gasteiger partial charge in [-0.2, -0.15) is 0 Å². The highest BCUT2D eigenvalue weighted by Gasteiger charge is 2.20. The number of rotatable bonds is 4. The second kappa shape index (κ2) is 7.11. The van der Waals surface area contributed by atoms with Crippen LogP contribution in [-0.2, 0) is 6.54 Å². The van der Waals surface area contributed by atoms with Crippen molar-refractivity contribution in [1.29, 1.82) is 0 Å². The van der Waals surface area contributed by atoms with Crippen LogP contribution in [-0.4, -0.2) is 18.0 Å². The van der Waals surface area contributed by atoms with Crippen LogP contribution in [0.3, 0.4) is 0 Å². The zero-order chi connectivity index (χ0) is 15.2. The van der Waals surface area contributed by atoms with Crippen molar-refractivity contribution < 1.29 is 9.59 Å². The number of amides is 3. The van der Waals surface area contributed by atoms with E-state index < -0.39 is 6.03 Å². The molecule has 2 rings (SSSR count). The largest absolute Gasteiger partial charge is 0.352 e. The molecule has 1 saturated carbocycles. The zero-order valence-electron chi connectivity index (χ0n) is 12.4. The highest BCUT2D eigenvalue weighted by atomic mass is 16.2. The smallest absolute Gasteiger partial charge is 0.312 e. The molecular formula is C16H23N3O2. The summed E-state index contributed by atoms with van der Waals surface area (Å²) in [5.74, 6) is 0.749. The van der Waals surface area contributed by atoms with Gasteiger partial charge in [0.25, 0.3) is 5.91 Å². The van der Waals surface area contributed by atoms with Crippen LogP contribution in [0.4, 0.5) is 4.79 Å². The fourth-order valence-corrected chi connectivity index (χ4v) is 2.64. The van der Waals surface area contributed by atoms with Crippen molar-refractivity contribution in [2.24, 2.45) is 11.7 Å². The Kier molecular flexibility index (Phi) is 5.20. The molecule has 1 aromatic rings. The summed E-state index contributed by atoms with van der Waals surface area (Å²) in [6.45, 7) is 2.63. The lowest BCUT2D eigenvalue weighted by molar-refractivity contribution is 0.0923. The lowest BCUT2D eigenvalue weighted by Gasteiger charge is -2.26. The number of nitrogens with one attached hydrogen (secondary N) is 2. The Morgan fingerprint density at radius 3 is 2.33 bits per heavy atom. The second-order valence-corrected chi connectivity index (χ2v) is 5.84. The van der Waals surface area contributed by atoms with Gasteiger partial charge < -0.3 is 16.4 Å². The summed E-state index contributed by atoms with van der Waals surface area (Å²) in [5.41, 5.74) is 6.58. The van der Waals surface area contributed by atoms with Gasteiger partial charge in [-0.05, 0) is 49.3 Å². The summed E-state index contributed by atoms with van der Waals surface area (Å²) in [5, 5.41) is 5.62. The van der Waals surface area contributed by atoms with E-state index in [9.17, 15) is 9.59 Å². The third-order valence-corrected chi connectivity index (χ3v) is 4.03. The first-order valence-corrected chi connectivity index (χ1v) is 7.47. The molecule has 3 amide bonds. The topological polar surface area (TPSA) is 84.2 Å². The lowest BCUT2D eigenvalue weighted by Crippen LogP contribution is -2.37. The van der Waals surface area contributed by atoms with Crippen LogP contribution in [0, 0.1) is 5.92 Å². The molecule has 21 heavy (non-hydrogen) atoms. The van der Waals surface area contributed by atoms with E-state index in [0.717, 1.165) is 24.3 Å². The minimum absolute atomic E-state index is 0.0241. The number of nitrogens with two attached hydrogens (primary N) is 1. The first-order chi connectivity index (χ1) is 10.0. The Morgan fingerprint density at radius 1 is 1.14 bits per heavy atom. The van der Waals surface area contributed by atoms with Gasteiger partial charge in [-0.3, -0.25) is 4.79 Å². The van der Waals surface area contributed by atoms with E-state index in [2.05, 4.69) is 17.6 Å². The third kappa shape index (κ3) is 4.77. The maximum Gasteiger partial charge on any atom is 0.312 e. The van der Waals surface area contributed by atoms with Gasteiger partial charge in [0.1, 0.15) is 0 Å². The number of carbonyl (C=O) groups is 2. The maximum atomic E-state index is 12.2. The molecule has 0 heterocycles. The standard InChI is InChI=1S/C16H23N3O2/c1-11-2-8-14(9-3-11)19-15(20)13-6-4-12(5-7-13)10-18-16(17)21/h4-7,11,14H,2-3,8-10H2,1H3,(H,19,20)(H3,17,18,21). The average molecular weight is 289 g/mol. The molecule has 0 radical (unpaired) electrons. The molecule has 4 N–H and O–H groups in total. The number of hydrogen-bond donors (Lipinski definition) is 3. The number of urea groups is 1. The summed E-state index contributed by atoms with van der Waals surface area (Å²) in [6, 6.07) is 6.95. The minimum Gasteiger partial charge on any atom is -0.352 e. The lowest BCUT2D eigenvalue weighted by atomic mass is 9.87. The van der Waals surface area contributed by atoms with E-state index in [1.165, 1.54) is 12.8 Å². The summed E-state index contributed by atoms with van der Waals surface area (Å²) < 4.78 is 0. The molecule has 1 aliphatic carbocycles. The van der Waals surface area contributed by atoms with Crippen LogP contribution in [0.5, 0.6) is 0 Å². The predicted octanol–water partition coefficient (Wildman–Crippen LogP) is 2.16. The van der Waals surface area contributed by atoms with E-state index in [0.29, 0.717) is 18.2 Å². The Balaban J connectivity index is 1.86. The zero-order valence-corrected chi connectivity index (χ0v) is 12.4. The fourth-order valence-electron chi connectivity index (χ4n) is 2.64. The minimum atomic E-state index is -0.552. The van der Waals surface area contributed by atoms with E-state index in [-0.39, 0.29) is 5.91 Å². The first-order valence-electron chi connectivity index (χ1n) is 7.47. The molecule has 114 valence electrons. The number of benzene rings is 1. The van der Waals surface area contributed by atoms with Crippen molar-refractivity contribution in [3.8, 4) is 0 Å². The molecule has 5 heteroatoms. The summed E-state index contributed by atoms with van der Waals surface area (Å²) in [4.78, 5) is 22.8. The van der Waals surface area contributed by atoms with Crippen LogP contribution in [0.2, 0.25) is 0 Å². The normalized spacial score (nSPS) is 21.6. The molecular weight excluding hydrogens is 266 g/mol. The highest BCUT2D eigenvalue weighted by Crippen LogP contribution is 2.23. The summed E-state index contributed by atoms with van der Waals surface area (Å²) in [6.07, 6.45) is 4.49. The molecule has 0 saturated heterocycles. The van der Waals surface area contributed by atoms with Crippen molar-refractivity contribution in [3.05, 3.63) is 35.4 Å². The van der Waals surface area contributed by atoms with Crippen LogP contribution in [0.25, 0.3) is 0 Å². The number of carbonyl (C=O) groups excluding carboxylic acids is 2. The summed E-state index contributed by atoms with van der Waals surface area (Å²) >= 11 is 0. The van der Waals surface area contributed by atoms with Gasteiger partial charge in [0.05, 0.1) is 0 Å². The molecule has 1 aliphatic rings. The molecule has 0 aromatic heterocycles. The van der Waals surface area contributed by atoms with Crippen molar-refractivity contribution in [2.75, 3.05) is 0 Å². The van der Waals surface area contributed by atoms with Crippen molar-refractivity contribution in [3.63, 3.8) is 0 Å². The Bertz CT molecular complexity index is 491. The van der Waals surface area contributed by atoms with Gasteiger partial charge in [-0.15, -0.1) is 0 Å². The monoisotopic (exact) mass is 289 g/mol. The molecule has 0 bridgehead atoms. The van der Waals surface area contributed by atoms with Gasteiger partial charge >= 0.3 is 6.03 Å². The van der Waals surface area contributed by atoms with Gasteiger partial charge in [0.2, 0.25) is 0 Å². The second-order valence-electron chi connectivity index (χ2n) is 5.84. The van der Waals surface area contributed by atoms with E-state index in [4.69, 9.17) is 5.73 Å². The van der Waals surface area contributed by atoms with Crippen LogP contribution in [0.15, 0.2) is 24.3 Å². The molecule has 1 fully saturated rings. The Labute approximate surface area is 125 Å². The van der Waals surface area contributed by atoms with E-state index in [1.807, 2.05) is 12.1 Å². The van der Waals surface area contributed by atoms with E-state index >= 15 is 0 Å². The SMILES string of the molecule is CC1CCC(NC(=O)c2ccc(CNC(N)=O)cc2)CC1. The van der Waals surface area contributed by atoms with Gasteiger partial charge in [-0.25, -0.2) is 4.79 Å². The molecule has 0 unspecified atom stereocenters. The quantitative estimate of drug-likeness (QED) is 0.793. The molecule has 5 nitrogen and oxygen atoms in total. The molecule has 1 aromatic carbocycles. The molecule has 0 atom stereocenters. The number of primary amides is 1. The van der Waals surface area contributed by atoms with Crippen molar-refractivity contribution >= 4 is 11.9 Å². The van der Waals surface area contributed by atoms with Gasteiger partial charge in [0, 0.05) is 18.2 Å². The van der Waals surface area contributed by atoms with Crippen molar-refractivity contribution in [2.45, 2.75) is 45.2 Å². The highest BCUT2D eigenvalue weighted by molar-refractivity contribution is 5.94. The molecule has 0 spiro atoms. The number of hydrogen-bond acceptors (Lipinski definition) is 2.